The summed E-state index contributed by atoms with van der Waals surface area (Å²) >= 11 is 0. The van der Waals surface area contributed by atoms with Crippen molar-refractivity contribution in [1.29, 1.82) is 0 Å². The lowest BCUT2D eigenvalue weighted by molar-refractivity contribution is -0.149. The molecule has 3 heteroatoms. The predicted molar refractivity (Wildman–Crippen MR) is 35.0 cm³/mol. The van der Waals surface area contributed by atoms with Crippen molar-refractivity contribution < 1.29 is 9.59 Å². The third kappa shape index (κ3) is 0.523. The van der Waals surface area contributed by atoms with E-state index in [1.54, 1.807) is 6.21 Å². The van der Waals surface area contributed by atoms with Gasteiger partial charge in [0.15, 0.2) is 0 Å². The van der Waals surface area contributed by atoms with Crippen molar-refractivity contribution in [1.82, 2.24) is 0 Å². The second-order valence-electron chi connectivity index (χ2n) is 2.69. The summed E-state index contributed by atoms with van der Waals surface area (Å²) in [6, 6.07) is -0.291. The molecule has 2 atom stereocenters. The van der Waals surface area contributed by atoms with Gasteiger partial charge in [0.25, 0.3) is 0 Å². The molecule has 2 rings (SSSR count). The van der Waals surface area contributed by atoms with Crippen LogP contribution in [0.25, 0.3) is 0 Å². The van der Waals surface area contributed by atoms with Crippen molar-refractivity contribution in [2.45, 2.75) is 18.9 Å². The van der Waals surface area contributed by atoms with Crippen molar-refractivity contribution in [2.75, 3.05) is 0 Å². The van der Waals surface area contributed by atoms with Crippen molar-refractivity contribution in [3.8, 4) is 0 Å². The van der Waals surface area contributed by atoms with Crippen LogP contribution < -0.4 is 0 Å². The summed E-state index contributed by atoms with van der Waals surface area (Å²) in [6.07, 6.45) is 3.41. The quantitative estimate of drug-likeness (QED) is 0.441. The number of hydrogen-bond donors (Lipinski definition) is 0. The van der Waals surface area contributed by atoms with Crippen molar-refractivity contribution >= 4 is 17.8 Å². The highest BCUT2D eigenvalue weighted by atomic mass is 16.2. The molecule has 0 spiro atoms. The average Bonchev–Trinajstić information content (AvgIpc) is 2.03. The van der Waals surface area contributed by atoms with Gasteiger partial charge >= 0.3 is 0 Å². The highest BCUT2D eigenvalue weighted by Crippen LogP contribution is 2.29. The summed E-state index contributed by atoms with van der Waals surface area (Å²) in [7, 11) is 0. The van der Waals surface area contributed by atoms with Crippen LogP contribution in [0.15, 0.2) is 4.99 Å². The highest BCUT2D eigenvalue weighted by molar-refractivity contribution is 6.47. The maximum Gasteiger partial charge on any atom is 0.223 e. The van der Waals surface area contributed by atoms with Crippen LogP contribution in [0.3, 0.4) is 0 Å². The summed E-state index contributed by atoms with van der Waals surface area (Å²) in [5.74, 6) is -0.555. The normalized spacial score (nSPS) is 37.2. The first-order chi connectivity index (χ1) is 4.80. The van der Waals surface area contributed by atoms with Crippen LogP contribution in [0.1, 0.15) is 12.8 Å². The Hall–Kier alpha value is -0.990. The van der Waals surface area contributed by atoms with Crippen molar-refractivity contribution in [2.24, 2.45) is 10.9 Å². The summed E-state index contributed by atoms with van der Waals surface area (Å²) < 4.78 is 0. The minimum atomic E-state index is -0.291. The molecule has 1 heterocycles. The first kappa shape index (κ1) is 5.77. The molecule has 52 valence electrons. The number of fused-ring (bicyclic) bond motifs is 1. The molecule has 0 amide bonds. The number of Topliss-reactive ketones (excluding diaryl/α,β-unsaturated/α-hetero) is 2. The standard InChI is InChI=1S/C7H7NO2/c9-6-4-2-1-3-8-5(4)7(6)10/h3-5H,1-2H2. The Balaban J connectivity index is 2.26. The van der Waals surface area contributed by atoms with E-state index in [-0.39, 0.29) is 23.5 Å². The lowest BCUT2D eigenvalue weighted by Crippen LogP contribution is -2.52. The van der Waals surface area contributed by atoms with E-state index in [9.17, 15) is 9.59 Å². The Morgan fingerprint density at radius 2 is 2.20 bits per heavy atom. The number of hydrogen-bond acceptors (Lipinski definition) is 3. The molecular weight excluding hydrogens is 130 g/mol. The number of aliphatic imine (C=N–C) groups is 1. The van der Waals surface area contributed by atoms with Gasteiger partial charge in [-0.15, -0.1) is 0 Å². The molecule has 0 aromatic rings. The van der Waals surface area contributed by atoms with Gasteiger partial charge in [-0.25, -0.2) is 0 Å². The SMILES string of the molecule is O=C1C(=O)C2N=CCCC12. The second kappa shape index (κ2) is 1.75. The molecule has 0 aromatic heterocycles. The molecule has 1 fully saturated rings. The maximum absolute atomic E-state index is 10.8. The lowest BCUT2D eigenvalue weighted by Gasteiger charge is -2.32. The van der Waals surface area contributed by atoms with E-state index in [1.807, 2.05) is 0 Å². The Labute approximate surface area is 58.1 Å². The summed E-state index contributed by atoms with van der Waals surface area (Å²) in [4.78, 5) is 25.4. The topological polar surface area (TPSA) is 46.5 Å². The third-order valence-electron chi connectivity index (χ3n) is 2.10. The van der Waals surface area contributed by atoms with Crippen LogP contribution in [-0.4, -0.2) is 23.8 Å². The van der Waals surface area contributed by atoms with Gasteiger partial charge in [-0.3, -0.25) is 14.6 Å². The van der Waals surface area contributed by atoms with Crippen LogP contribution in [0.2, 0.25) is 0 Å². The smallest absolute Gasteiger partial charge is 0.223 e. The Bertz CT molecular complexity index is 232. The van der Waals surface area contributed by atoms with E-state index in [1.165, 1.54) is 0 Å². The minimum Gasteiger partial charge on any atom is -0.290 e. The molecule has 3 nitrogen and oxygen atoms in total. The molecule has 1 aliphatic carbocycles. The highest BCUT2D eigenvalue weighted by Gasteiger charge is 2.49. The van der Waals surface area contributed by atoms with E-state index < -0.39 is 0 Å². The van der Waals surface area contributed by atoms with E-state index in [0.717, 1.165) is 12.8 Å². The number of nitrogens with zero attached hydrogens (tertiary/aromatic N) is 1. The molecule has 1 aliphatic heterocycles. The van der Waals surface area contributed by atoms with Crippen LogP contribution in [-0.2, 0) is 9.59 Å². The maximum atomic E-state index is 10.8. The Morgan fingerprint density at radius 1 is 1.40 bits per heavy atom. The van der Waals surface area contributed by atoms with Crippen molar-refractivity contribution in [3.63, 3.8) is 0 Å². The second-order valence-corrected chi connectivity index (χ2v) is 2.69. The molecule has 2 aliphatic rings. The van der Waals surface area contributed by atoms with E-state index >= 15 is 0 Å². The Kier molecular flexibility index (Phi) is 1.01. The van der Waals surface area contributed by atoms with Crippen LogP contribution in [0.5, 0.6) is 0 Å². The third-order valence-corrected chi connectivity index (χ3v) is 2.10. The molecule has 10 heavy (non-hydrogen) atoms. The summed E-state index contributed by atoms with van der Waals surface area (Å²) in [5.41, 5.74) is 0. The monoisotopic (exact) mass is 137 g/mol. The van der Waals surface area contributed by atoms with E-state index in [2.05, 4.69) is 4.99 Å². The predicted octanol–water partition coefficient (Wildman–Crippen LogP) is -0.0124. The molecular formula is C7H7NO2. The molecule has 0 radical (unpaired) electrons. The zero-order valence-corrected chi connectivity index (χ0v) is 5.41. The number of carbonyl (C=O) groups excluding carboxylic acids is 2. The lowest BCUT2D eigenvalue weighted by atomic mass is 9.73. The van der Waals surface area contributed by atoms with Gasteiger partial charge in [0.05, 0.1) is 5.92 Å². The van der Waals surface area contributed by atoms with E-state index in [4.69, 9.17) is 0 Å². The fourth-order valence-corrected chi connectivity index (χ4v) is 1.46. The molecule has 0 N–H and O–H groups in total. The number of ketones is 2. The fourth-order valence-electron chi connectivity index (χ4n) is 1.46. The first-order valence-corrected chi connectivity index (χ1v) is 3.40. The van der Waals surface area contributed by atoms with Crippen LogP contribution >= 0.6 is 0 Å². The van der Waals surface area contributed by atoms with Crippen LogP contribution in [0, 0.1) is 5.92 Å². The first-order valence-electron chi connectivity index (χ1n) is 3.40. The van der Waals surface area contributed by atoms with Gasteiger partial charge in [-0.1, -0.05) is 0 Å². The number of rotatable bonds is 0. The fraction of sp³-hybridized carbons (Fsp3) is 0.571. The molecule has 0 bridgehead atoms. The van der Waals surface area contributed by atoms with Gasteiger partial charge in [0.1, 0.15) is 6.04 Å². The van der Waals surface area contributed by atoms with Gasteiger partial charge < -0.3 is 0 Å². The minimum absolute atomic E-state index is 0.0579. The molecule has 0 aromatic carbocycles. The van der Waals surface area contributed by atoms with Gasteiger partial charge in [0.2, 0.25) is 11.6 Å². The largest absolute Gasteiger partial charge is 0.290 e. The van der Waals surface area contributed by atoms with E-state index in [0.29, 0.717) is 0 Å². The number of carbonyl (C=O) groups is 2. The van der Waals surface area contributed by atoms with Crippen molar-refractivity contribution in [3.05, 3.63) is 0 Å². The van der Waals surface area contributed by atoms with Gasteiger partial charge in [0, 0.05) is 0 Å². The van der Waals surface area contributed by atoms with Crippen LogP contribution in [0.4, 0.5) is 0 Å². The summed E-state index contributed by atoms with van der Waals surface area (Å²) in [6.45, 7) is 0. The molecule has 1 saturated carbocycles. The zero-order valence-electron chi connectivity index (χ0n) is 5.41. The van der Waals surface area contributed by atoms with Gasteiger partial charge in [-0.2, -0.15) is 0 Å². The summed E-state index contributed by atoms with van der Waals surface area (Å²) in [5, 5.41) is 0. The molecule has 0 saturated heterocycles. The zero-order chi connectivity index (χ0) is 7.14. The van der Waals surface area contributed by atoms with Gasteiger partial charge in [-0.05, 0) is 19.1 Å². The Morgan fingerprint density at radius 3 is 2.90 bits per heavy atom. The molecule has 2 unspecified atom stereocenters. The average molecular weight is 137 g/mol.